The average molecular weight is 352 g/mol. The van der Waals surface area contributed by atoms with Gasteiger partial charge in [0.25, 0.3) is 5.91 Å². The molecule has 5 nitrogen and oxygen atoms in total. The van der Waals surface area contributed by atoms with Gasteiger partial charge in [0.1, 0.15) is 0 Å². The topological polar surface area (TPSA) is 71.6 Å². The number of rotatable bonds is 3. The van der Waals surface area contributed by atoms with E-state index in [4.69, 9.17) is 5.73 Å². The fourth-order valence-corrected chi connectivity index (χ4v) is 3.70. The maximum absolute atomic E-state index is 12.8. The predicted octanol–water partition coefficient (Wildman–Crippen LogP) is 3.99. The molecule has 2 N–H and O–H groups in total. The molecule has 0 aliphatic carbocycles. The second-order valence-electron chi connectivity index (χ2n) is 5.76. The van der Waals surface area contributed by atoms with E-state index in [0.717, 1.165) is 16.8 Å². The summed E-state index contributed by atoms with van der Waals surface area (Å²) < 4.78 is 0. The number of amides is 1. The fraction of sp³-hybridized carbons (Fsp3) is 0.211. The molecule has 128 valence electrons. The summed E-state index contributed by atoms with van der Waals surface area (Å²) >= 11 is 1.39. The Morgan fingerprint density at radius 3 is 2.72 bits per heavy atom. The molecule has 0 saturated carbocycles. The van der Waals surface area contributed by atoms with Crippen LogP contribution in [0.15, 0.2) is 52.4 Å². The van der Waals surface area contributed by atoms with E-state index < -0.39 is 0 Å². The number of carbonyl (C=O) groups excluding carboxylic acids is 1. The Morgan fingerprint density at radius 2 is 2.04 bits per heavy atom. The first-order valence-corrected chi connectivity index (χ1v) is 8.90. The highest BCUT2D eigenvalue weighted by molar-refractivity contribution is 8.18. The molecule has 0 unspecified atom stereocenters. The molecule has 1 aliphatic heterocycles. The Labute approximate surface area is 151 Å². The number of nitrogens with zero attached hydrogens (tertiary/aromatic N) is 3. The molecule has 2 heterocycles. The summed E-state index contributed by atoms with van der Waals surface area (Å²) in [7, 11) is 0. The number of amidine groups is 1. The largest absolute Gasteiger partial charge is 0.399 e. The van der Waals surface area contributed by atoms with Crippen molar-refractivity contribution >= 4 is 39.9 Å². The smallest absolute Gasteiger partial charge is 0.267 e. The van der Waals surface area contributed by atoms with Crippen LogP contribution in [0.5, 0.6) is 0 Å². The molecule has 6 heteroatoms. The molecule has 1 aromatic heterocycles. The maximum atomic E-state index is 12.8. The number of aromatic nitrogens is 1. The molecule has 0 atom stereocenters. The SMILES string of the molecule is CCN1C(=O)/C(=C(\C)c2cccc(N)c2)S/C1=N/c1cccc(C)n1. The fourth-order valence-electron chi connectivity index (χ4n) is 2.59. The number of pyridine rings is 1. The van der Waals surface area contributed by atoms with E-state index in [2.05, 4.69) is 9.98 Å². The van der Waals surface area contributed by atoms with E-state index in [0.29, 0.717) is 28.1 Å². The quantitative estimate of drug-likeness (QED) is 0.670. The molecule has 0 spiro atoms. The second-order valence-corrected chi connectivity index (χ2v) is 6.74. The van der Waals surface area contributed by atoms with Gasteiger partial charge in [0.15, 0.2) is 11.0 Å². The number of hydrogen-bond acceptors (Lipinski definition) is 5. The van der Waals surface area contributed by atoms with Crippen molar-refractivity contribution < 1.29 is 4.79 Å². The predicted molar refractivity (Wildman–Crippen MR) is 104 cm³/mol. The molecule has 0 bridgehead atoms. The summed E-state index contributed by atoms with van der Waals surface area (Å²) in [6.07, 6.45) is 0. The number of hydrogen-bond donors (Lipinski definition) is 1. The Kier molecular flexibility index (Phi) is 4.90. The van der Waals surface area contributed by atoms with Crippen molar-refractivity contribution in [1.82, 2.24) is 9.88 Å². The van der Waals surface area contributed by atoms with Crippen LogP contribution >= 0.6 is 11.8 Å². The second kappa shape index (κ2) is 7.11. The summed E-state index contributed by atoms with van der Waals surface area (Å²) in [4.78, 5) is 24.2. The van der Waals surface area contributed by atoms with Crippen molar-refractivity contribution in [3.8, 4) is 0 Å². The first-order chi connectivity index (χ1) is 12.0. The Hall–Kier alpha value is -2.60. The third kappa shape index (κ3) is 3.58. The first kappa shape index (κ1) is 17.2. The zero-order chi connectivity index (χ0) is 18.0. The van der Waals surface area contributed by atoms with E-state index in [1.165, 1.54) is 11.8 Å². The van der Waals surface area contributed by atoms with Crippen LogP contribution in [0.25, 0.3) is 5.57 Å². The molecular formula is C19H20N4OS. The lowest BCUT2D eigenvalue weighted by Crippen LogP contribution is -2.28. The Bertz CT molecular complexity index is 888. The van der Waals surface area contributed by atoms with Crippen molar-refractivity contribution in [2.75, 3.05) is 12.3 Å². The van der Waals surface area contributed by atoms with E-state index in [1.807, 2.05) is 63.2 Å². The summed E-state index contributed by atoms with van der Waals surface area (Å²) in [6.45, 7) is 6.36. The monoisotopic (exact) mass is 352 g/mol. The van der Waals surface area contributed by atoms with Crippen molar-refractivity contribution in [3.63, 3.8) is 0 Å². The molecule has 2 aromatic rings. The number of carbonyl (C=O) groups is 1. The van der Waals surface area contributed by atoms with Gasteiger partial charge in [-0.15, -0.1) is 0 Å². The van der Waals surface area contributed by atoms with E-state index in [-0.39, 0.29) is 5.91 Å². The van der Waals surface area contributed by atoms with Crippen LogP contribution in [0, 0.1) is 6.92 Å². The molecule has 1 aliphatic rings. The molecule has 25 heavy (non-hydrogen) atoms. The van der Waals surface area contributed by atoms with Gasteiger partial charge in [0.2, 0.25) is 0 Å². The lowest BCUT2D eigenvalue weighted by atomic mass is 10.1. The van der Waals surface area contributed by atoms with Gasteiger partial charge in [0.05, 0.1) is 4.91 Å². The summed E-state index contributed by atoms with van der Waals surface area (Å²) in [6, 6.07) is 13.2. The zero-order valence-corrected chi connectivity index (χ0v) is 15.3. The molecule has 1 amide bonds. The summed E-state index contributed by atoms with van der Waals surface area (Å²) in [5, 5.41) is 0.656. The number of thioether (sulfide) groups is 1. The number of nitrogen functional groups attached to an aromatic ring is 1. The minimum atomic E-state index is -0.0289. The maximum Gasteiger partial charge on any atom is 0.267 e. The number of allylic oxidation sites excluding steroid dienone is 1. The van der Waals surface area contributed by atoms with Crippen molar-refractivity contribution in [2.24, 2.45) is 4.99 Å². The number of nitrogens with two attached hydrogens (primary N) is 1. The van der Waals surface area contributed by atoms with E-state index in [9.17, 15) is 4.79 Å². The zero-order valence-electron chi connectivity index (χ0n) is 14.5. The molecule has 1 saturated heterocycles. The van der Waals surface area contributed by atoms with Crippen LogP contribution in [0.4, 0.5) is 11.5 Å². The number of benzene rings is 1. The minimum Gasteiger partial charge on any atom is -0.399 e. The number of likely N-dealkylation sites (N-methyl/N-ethyl adjacent to an activating group) is 1. The van der Waals surface area contributed by atoms with Gasteiger partial charge in [-0.05, 0) is 67.9 Å². The van der Waals surface area contributed by atoms with Crippen LogP contribution in [-0.4, -0.2) is 27.5 Å². The number of aryl methyl sites for hydroxylation is 1. The summed E-state index contributed by atoms with van der Waals surface area (Å²) in [5.41, 5.74) is 9.30. The third-order valence-corrected chi connectivity index (χ3v) is 5.10. The van der Waals surface area contributed by atoms with E-state index >= 15 is 0 Å². The molecule has 1 aromatic carbocycles. The highest BCUT2D eigenvalue weighted by Gasteiger charge is 2.34. The van der Waals surface area contributed by atoms with Gasteiger partial charge in [0, 0.05) is 17.9 Å². The van der Waals surface area contributed by atoms with Gasteiger partial charge in [-0.25, -0.2) is 9.98 Å². The average Bonchev–Trinajstić information content (AvgIpc) is 2.89. The summed E-state index contributed by atoms with van der Waals surface area (Å²) in [5.74, 6) is 0.579. The first-order valence-electron chi connectivity index (χ1n) is 8.08. The van der Waals surface area contributed by atoms with Gasteiger partial charge < -0.3 is 5.73 Å². The highest BCUT2D eigenvalue weighted by atomic mass is 32.2. The third-order valence-electron chi connectivity index (χ3n) is 3.92. The van der Waals surface area contributed by atoms with Gasteiger partial charge in [-0.1, -0.05) is 18.2 Å². The van der Waals surface area contributed by atoms with Gasteiger partial charge in [-0.3, -0.25) is 9.69 Å². The van der Waals surface area contributed by atoms with Crippen LogP contribution < -0.4 is 5.73 Å². The standard InChI is InChI=1S/C19H20N4OS/c1-4-23-18(24)17(13(3)14-8-6-9-15(20)11-14)25-19(23)22-16-10-5-7-12(2)21-16/h5-11H,4,20H2,1-3H3/b17-13-,22-19+. The highest BCUT2D eigenvalue weighted by Crippen LogP contribution is 2.37. The Morgan fingerprint density at radius 1 is 1.28 bits per heavy atom. The van der Waals surface area contributed by atoms with Gasteiger partial charge in [-0.2, -0.15) is 0 Å². The van der Waals surface area contributed by atoms with Crippen LogP contribution in [-0.2, 0) is 4.79 Å². The molecular weight excluding hydrogens is 332 g/mol. The minimum absolute atomic E-state index is 0.0289. The lowest BCUT2D eigenvalue weighted by molar-refractivity contribution is -0.122. The number of aliphatic imine (C=N–C) groups is 1. The molecule has 3 rings (SSSR count). The van der Waals surface area contributed by atoms with Crippen LogP contribution in [0.3, 0.4) is 0 Å². The van der Waals surface area contributed by atoms with Crippen LogP contribution in [0.1, 0.15) is 25.1 Å². The normalized spacial score (nSPS) is 18.1. The van der Waals surface area contributed by atoms with Crippen molar-refractivity contribution in [1.29, 1.82) is 0 Å². The van der Waals surface area contributed by atoms with Crippen molar-refractivity contribution in [2.45, 2.75) is 20.8 Å². The molecule has 0 radical (unpaired) electrons. The van der Waals surface area contributed by atoms with Crippen molar-refractivity contribution in [3.05, 3.63) is 58.6 Å². The Balaban J connectivity index is 2.01. The number of anilines is 1. The van der Waals surface area contributed by atoms with Crippen LogP contribution in [0.2, 0.25) is 0 Å². The lowest BCUT2D eigenvalue weighted by Gasteiger charge is -2.12. The van der Waals surface area contributed by atoms with E-state index in [1.54, 1.807) is 4.90 Å². The molecule has 1 fully saturated rings. The van der Waals surface area contributed by atoms with Gasteiger partial charge >= 0.3 is 0 Å².